The lowest BCUT2D eigenvalue weighted by Crippen LogP contribution is -2.26. The van der Waals surface area contributed by atoms with Crippen molar-refractivity contribution in [1.82, 2.24) is 4.57 Å². The molecule has 0 amide bonds. The lowest BCUT2D eigenvalue weighted by Gasteiger charge is -2.30. The first-order valence-corrected chi connectivity index (χ1v) is 15.6. The van der Waals surface area contributed by atoms with Gasteiger partial charge in [-0.25, -0.2) is 0 Å². The Bertz CT molecular complexity index is 2400. The topological polar surface area (TPSA) is 30.9 Å². The quantitative estimate of drug-likeness (QED) is 0.205. The van der Waals surface area contributed by atoms with Crippen LogP contribution in [0.3, 0.4) is 0 Å². The first-order chi connectivity index (χ1) is 22.2. The van der Waals surface area contributed by atoms with Gasteiger partial charge in [0.05, 0.1) is 16.4 Å². The molecule has 10 rings (SSSR count). The number of nitrogen functional groups attached to an aromatic ring is 1. The third-order valence-corrected chi connectivity index (χ3v) is 10.2. The summed E-state index contributed by atoms with van der Waals surface area (Å²) in [5.74, 6) is 0. The first kappa shape index (κ1) is 24.6. The monoisotopic (exact) mass is 572 g/mol. The van der Waals surface area contributed by atoms with Gasteiger partial charge in [-0.2, -0.15) is 0 Å². The molecule has 2 N–H and O–H groups in total. The zero-order valence-electron chi connectivity index (χ0n) is 24.5. The lowest BCUT2D eigenvalue weighted by atomic mass is 9.70. The maximum absolute atomic E-state index is 7.03. The smallest absolute Gasteiger partial charge is 0.0726 e. The molecule has 0 saturated carbocycles. The van der Waals surface area contributed by atoms with Crippen molar-refractivity contribution in [2.75, 3.05) is 5.73 Å². The summed E-state index contributed by atoms with van der Waals surface area (Å²) >= 11 is 0. The highest BCUT2D eigenvalue weighted by molar-refractivity contribution is 6.09. The van der Waals surface area contributed by atoms with E-state index in [2.05, 4.69) is 162 Å². The van der Waals surface area contributed by atoms with Crippen molar-refractivity contribution < 1.29 is 0 Å². The van der Waals surface area contributed by atoms with Gasteiger partial charge in [0.1, 0.15) is 0 Å². The number of hydrogen-bond donors (Lipinski definition) is 1. The van der Waals surface area contributed by atoms with Crippen LogP contribution in [0.15, 0.2) is 158 Å². The maximum atomic E-state index is 7.03. The highest BCUT2D eigenvalue weighted by atomic mass is 15.0. The number of aromatic nitrogens is 1. The van der Waals surface area contributed by atoms with Crippen LogP contribution in [-0.4, -0.2) is 4.57 Å². The van der Waals surface area contributed by atoms with E-state index in [0.29, 0.717) is 0 Å². The van der Waals surface area contributed by atoms with Crippen LogP contribution in [0.1, 0.15) is 22.3 Å². The van der Waals surface area contributed by atoms with E-state index in [9.17, 15) is 0 Å². The number of nitrogens with zero attached hydrogens (tertiary/aromatic N) is 1. The molecular formula is C43H28N2. The number of rotatable bonds is 2. The molecule has 7 aromatic carbocycles. The van der Waals surface area contributed by atoms with Crippen molar-refractivity contribution in [3.05, 3.63) is 180 Å². The molecule has 1 spiro atoms. The molecule has 2 heteroatoms. The van der Waals surface area contributed by atoms with Crippen molar-refractivity contribution in [2.45, 2.75) is 5.41 Å². The second-order valence-corrected chi connectivity index (χ2v) is 12.3. The van der Waals surface area contributed by atoms with Gasteiger partial charge in [-0.15, -0.1) is 0 Å². The van der Waals surface area contributed by atoms with E-state index in [-0.39, 0.29) is 5.41 Å². The average molecular weight is 573 g/mol. The molecule has 0 radical (unpaired) electrons. The van der Waals surface area contributed by atoms with Gasteiger partial charge in [0, 0.05) is 27.7 Å². The Morgan fingerprint density at radius 1 is 0.400 bits per heavy atom. The fraction of sp³-hybridized carbons (Fsp3) is 0.0233. The molecule has 0 aliphatic heterocycles. The van der Waals surface area contributed by atoms with E-state index in [0.717, 1.165) is 22.5 Å². The fourth-order valence-corrected chi connectivity index (χ4v) is 8.40. The Hall–Kier alpha value is -5.86. The SMILES string of the molecule is Nc1cc2c(cc1-c1ccc(-n3c4ccccc4c4ccccc43)cc1)-c1ccccc1C21c2ccccc2-c2ccccc21. The molecule has 210 valence electrons. The summed E-state index contributed by atoms with van der Waals surface area (Å²) in [6.07, 6.45) is 0. The third kappa shape index (κ3) is 3.08. The Balaban J connectivity index is 1.17. The number of para-hydroxylation sites is 2. The minimum absolute atomic E-state index is 0.383. The molecule has 1 aromatic heterocycles. The normalized spacial score (nSPS) is 13.6. The summed E-state index contributed by atoms with van der Waals surface area (Å²) in [7, 11) is 0. The first-order valence-electron chi connectivity index (χ1n) is 15.6. The van der Waals surface area contributed by atoms with Crippen molar-refractivity contribution in [2.24, 2.45) is 0 Å². The molecule has 2 aliphatic rings. The average Bonchev–Trinajstić information content (AvgIpc) is 3.70. The second kappa shape index (κ2) is 8.84. The van der Waals surface area contributed by atoms with Crippen molar-refractivity contribution in [1.29, 1.82) is 0 Å². The summed E-state index contributed by atoms with van der Waals surface area (Å²) in [4.78, 5) is 0. The van der Waals surface area contributed by atoms with E-state index in [1.807, 2.05) is 0 Å². The van der Waals surface area contributed by atoms with E-state index >= 15 is 0 Å². The van der Waals surface area contributed by atoms with Crippen LogP contribution < -0.4 is 5.73 Å². The van der Waals surface area contributed by atoms with Crippen molar-refractivity contribution >= 4 is 27.5 Å². The maximum Gasteiger partial charge on any atom is 0.0726 e. The van der Waals surface area contributed by atoms with Crippen LogP contribution in [0.5, 0.6) is 0 Å². The number of anilines is 1. The Labute approximate surface area is 261 Å². The lowest BCUT2D eigenvalue weighted by molar-refractivity contribution is 0.794. The minimum Gasteiger partial charge on any atom is -0.398 e. The minimum atomic E-state index is -0.383. The van der Waals surface area contributed by atoms with Gasteiger partial charge in [-0.05, 0) is 86.5 Å². The molecule has 45 heavy (non-hydrogen) atoms. The second-order valence-electron chi connectivity index (χ2n) is 12.3. The van der Waals surface area contributed by atoms with E-state index in [1.54, 1.807) is 0 Å². The van der Waals surface area contributed by atoms with Crippen LogP contribution in [0, 0.1) is 0 Å². The largest absolute Gasteiger partial charge is 0.398 e. The summed E-state index contributed by atoms with van der Waals surface area (Å²) in [6, 6.07) is 57.4. The molecular weight excluding hydrogens is 544 g/mol. The zero-order chi connectivity index (χ0) is 29.7. The van der Waals surface area contributed by atoms with Crippen LogP contribution in [-0.2, 0) is 5.41 Å². The molecule has 2 aliphatic carbocycles. The van der Waals surface area contributed by atoms with Crippen molar-refractivity contribution in [3.63, 3.8) is 0 Å². The molecule has 0 fully saturated rings. The Kier molecular flexibility index (Phi) is 4.83. The van der Waals surface area contributed by atoms with Gasteiger partial charge in [0.2, 0.25) is 0 Å². The van der Waals surface area contributed by atoms with Crippen molar-refractivity contribution in [3.8, 4) is 39.1 Å². The number of hydrogen-bond acceptors (Lipinski definition) is 1. The van der Waals surface area contributed by atoms with Crippen LogP contribution in [0.4, 0.5) is 5.69 Å². The number of nitrogens with two attached hydrogens (primary N) is 1. The highest BCUT2D eigenvalue weighted by Gasteiger charge is 2.51. The summed E-state index contributed by atoms with van der Waals surface area (Å²) in [5.41, 5.74) is 23.6. The third-order valence-electron chi connectivity index (χ3n) is 10.2. The summed E-state index contributed by atoms with van der Waals surface area (Å²) < 4.78 is 2.36. The Morgan fingerprint density at radius 2 is 0.867 bits per heavy atom. The van der Waals surface area contributed by atoms with E-state index in [4.69, 9.17) is 5.73 Å². The van der Waals surface area contributed by atoms with Gasteiger partial charge >= 0.3 is 0 Å². The van der Waals surface area contributed by atoms with E-state index in [1.165, 1.54) is 66.3 Å². The van der Waals surface area contributed by atoms with Gasteiger partial charge in [0.25, 0.3) is 0 Å². The summed E-state index contributed by atoms with van der Waals surface area (Å²) in [6.45, 7) is 0. The molecule has 8 aromatic rings. The van der Waals surface area contributed by atoms with Gasteiger partial charge in [-0.1, -0.05) is 121 Å². The molecule has 1 heterocycles. The zero-order valence-corrected chi connectivity index (χ0v) is 24.5. The predicted molar refractivity (Wildman–Crippen MR) is 187 cm³/mol. The number of fused-ring (bicyclic) bond motifs is 13. The summed E-state index contributed by atoms with van der Waals surface area (Å²) in [5, 5.41) is 2.53. The van der Waals surface area contributed by atoms with E-state index < -0.39 is 0 Å². The van der Waals surface area contributed by atoms with Crippen LogP contribution in [0.2, 0.25) is 0 Å². The van der Waals surface area contributed by atoms with Gasteiger partial charge in [0.15, 0.2) is 0 Å². The Morgan fingerprint density at radius 3 is 1.42 bits per heavy atom. The van der Waals surface area contributed by atoms with Crippen LogP contribution >= 0.6 is 0 Å². The number of benzene rings is 7. The molecule has 2 nitrogen and oxygen atoms in total. The molecule has 0 saturated heterocycles. The highest BCUT2D eigenvalue weighted by Crippen LogP contribution is 2.63. The molecule has 0 bridgehead atoms. The standard InChI is InChI=1S/C43H28N2/c44-40-26-39-35(31-13-3-8-18-38(31)43(39)36-16-6-1-11-29(36)30-12-2-7-17-37(30)43)25-34(40)27-21-23-28(24-22-27)45-41-19-9-4-14-32(41)33-15-5-10-20-42(33)45/h1-26H,44H2. The molecule has 0 unspecified atom stereocenters. The predicted octanol–water partition coefficient (Wildman–Crippen LogP) is 10.4. The van der Waals surface area contributed by atoms with Gasteiger partial charge in [-0.3, -0.25) is 0 Å². The van der Waals surface area contributed by atoms with Gasteiger partial charge < -0.3 is 10.3 Å². The van der Waals surface area contributed by atoms with Crippen LogP contribution in [0.25, 0.3) is 60.9 Å². The fourth-order valence-electron chi connectivity index (χ4n) is 8.40. The molecule has 0 atom stereocenters.